The molecule has 4 heterocycles. The average Bonchev–Trinajstić information content (AvgIpc) is 3.43. The van der Waals surface area contributed by atoms with Crippen LogP contribution in [0.15, 0.2) is 33.4 Å². The maximum absolute atomic E-state index is 12.5. The summed E-state index contributed by atoms with van der Waals surface area (Å²) < 4.78 is 12.1. The Morgan fingerprint density at radius 3 is 3.04 bits per heavy atom. The van der Waals surface area contributed by atoms with Crippen LogP contribution < -0.4 is 5.32 Å². The number of hydrogen-bond acceptors (Lipinski definition) is 6. The summed E-state index contributed by atoms with van der Waals surface area (Å²) in [6.45, 7) is 3.72. The topological polar surface area (TPSA) is 89.3 Å². The molecular weight excluding hydrogens is 382 g/mol. The van der Waals surface area contributed by atoms with Crippen LogP contribution >= 0.6 is 11.6 Å². The maximum atomic E-state index is 12.5. The quantitative estimate of drug-likeness (QED) is 0.704. The smallest absolute Gasteiger partial charge is 0.289 e. The number of carbonyl (C=O) groups excluding carboxylic acids is 1. The number of nitrogens with zero attached hydrogens (tertiary/aromatic N) is 4. The minimum absolute atomic E-state index is 0.0744. The van der Waals surface area contributed by atoms with Gasteiger partial charge in [0.25, 0.3) is 5.91 Å². The molecule has 28 heavy (non-hydrogen) atoms. The van der Waals surface area contributed by atoms with Crippen LogP contribution in [0.2, 0.25) is 5.15 Å². The van der Waals surface area contributed by atoms with Gasteiger partial charge < -0.3 is 19.2 Å². The first-order valence-corrected chi connectivity index (χ1v) is 9.62. The molecule has 0 saturated carbocycles. The van der Waals surface area contributed by atoms with E-state index >= 15 is 0 Å². The largest absolute Gasteiger partial charge is 0.459 e. The molecule has 9 heteroatoms. The molecule has 1 unspecified atom stereocenters. The van der Waals surface area contributed by atoms with E-state index in [1.165, 1.54) is 6.26 Å². The Kier molecular flexibility index (Phi) is 5.23. The summed E-state index contributed by atoms with van der Waals surface area (Å²) in [5.74, 6) is 1.02. The second kappa shape index (κ2) is 7.81. The van der Waals surface area contributed by atoms with Crippen LogP contribution in [0.25, 0.3) is 11.4 Å². The fourth-order valence-corrected chi connectivity index (χ4v) is 3.71. The van der Waals surface area contributed by atoms with Crippen LogP contribution in [0.4, 0.5) is 0 Å². The van der Waals surface area contributed by atoms with Crippen LogP contribution in [0, 0.1) is 6.92 Å². The average molecular weight is 404 g/mol. The highest BCUT2D eigenvalue weighted by molar-refractivity contribution is 6.30. The SMILES string of the molecule is Cc1cc(-c2nn(C)c(Cl)c2CNC2CCCN(C(=O)c3ccco3)C2)no1. The summed E-state index contributed by atoms with van der Waals surface area (Å²) in [4.78, 5) is 14.4. The Morgan fingerprint density at radius 1 is 1.46 bits per heavy atom. The van der Waals surface area contributed by atoms with E-state index < -0.39 is 0 Å². The van der Waals surface area contributed by atoms with E-state index in [2.05, 4.69) is 15.6 Å². The predicted molar refractivity (Wildman–Crippen MR) is 103 cm³/mol. The van der Waals surface area contributed by atoms with Gasteiger partial charge in [0.1, 0.15) is 22.3 Å². The highest BCUT2D eigenvalue weighted by atomic mass is 35.5. The zero-order valence-corrected chi connectivity index (χ0v) is 16.6. The van der Waals surface area contributed by atoms with Crippen LogP contribution in [0.1, 0.15) is 34.7 Å². The third kappa shape index (κ3) is 3.70. The van der Waals surface area contributed by atoms with Gasteiger partial charge in [0.05, 0.1) is 6.26 Å². The number of aromatic nitrogens is 3. The molecule has 1 fully saturated rings. The summed E-state index contributed by atoms with van der Waals surface area (Å²) >= 11 is 6.46. The van der Waals surface area contributed by atoms with Gasteiger partial charge in [-0.3, -0.25) is 9.48 Å². The first-order chi connectivity index (χ1) is 13.5. The van der Waals surface area contributed by atoms with Crippen molar-refractivity contribution in [2.75, 3.05) is 13.1 Å². The van der Waals surface area contributed by atoms with Gasteiger partial charge >= 0.3 is 0 Å². The number of nitrogens with one attached hydrogen (secondary N) is 1. The highest BCUT2D eigenvalue weighted by Crippen LogP contribution is 2.28. The van der Waals surface area contributed by atoms with E-state index in [9.17, 15) is 4.79 Å². The number of amides is 1. The lowest BCUT2D eigenvalue weighted by molar-refractivity contribution is 0.0662. The second-order valence-electron chi connectivity index (χ2n) is 7.01. The lowest BCUT2D eigenvalue weighted by atomic mass is 10.0. The van der Waals surface area contributed by atoms with Crippen LogP contribution in [0.5, 0.6) is 0 Å². The van der Waals surface area contributed by atoms with Gasteiger partial charge in [-0.25, -0.2) is 0 Å². The van der Waals surface area contributed by atoms with E-state index in [0.717, 1.165) is 30.7 Å². The van der Waals surface area contributed by atoms with Gasteiger partial charge in [-0.2, -0.15) is 5.10 Å². The fourth-order valence-electron chi connectivity index (χ4n) is 3.52. The molecule has 1 N–H and O–H groups in total. The summed E-state index contributed by atoms with van der Waals surface area (Å²) in [7, 11) is 1.80. The highest BCUT2D eigenvalue weighted by Gasteiger charge is 2.27. The zero-order valence-electron chi connectivity index (χ0n) is 15.8. The lowest BCUT2D eigenvalue weighted by Crippen LogP contribution is -2.47. The second-order valence-corrected chi connectivity index (χ2v) is 7.37. The van der Waals surface area contributed by atoms with Crippen molar-refractivity contribution in [1.82, 2.24) is 25.2 Å². The van der Waals surface area contributed by atoms with E-state index in [-0.39, 0.29) is 11.9 Å². The van der Waals surface area contributed by atoms with Gasteiger partial charge in [0, 0.05) is 44.4 Å². The predicted octanol–water partition coefficient (Wildman–Crippen LogP) is 3.02. The van der Waals surface area contributed by atoms with E-state index in [0.29, 0.717) is 35.4 Å². The van der Waals surface area contributed by atoms with Gasteiger partial charge in [0.2, 0.25) is 0 Å². The number of hydrogen-bond donors (Lipinski definition) is 1. The summed E-state index contributed by atoms with van der Waals surface area (Å²) in [6.07, 6.45) is 3.43. The van der Waals surface area contributed by atoms with Crippen LogP contribution in [0.3, 0.4) is 0 Å². The molecule has 0 bridgehead atoms. The van der Waals surface area contributed by atoms with Crippen molar-refractivity contribution in [3.05, 3.63) is 46.7 Å². The molecule has 8 nitrogen and oxygen atoms in total. The first-order valence-electron chi connectivity index (χ1n) is 9.24. The molecule has 0 radical (unpaired) electrons. The van der Waals surface area contributed by atoms with Crippen molar-refractivity contribution in [2.24, 2.45) is 7.05 Å². The summed E-state index contributed by atoms with van der Waals surface area (Å²) in [5.41, 5.74) is 2.23. The third-order valence-corrected chi connectivity index (χ3v) is 5.42. The minimum Gasteiger partial charge on any atom is -0.459 e. The molecule has 3 aromatic heterocycles. The van der Waals surface area contributed by atoms with Crippen molar-refractivity contribution in [3.63, 3.8) is 0 Å². The molecule has 1 atom stereocenters. The van der Waals surface area contributed by atoms with E-state index in [1.807, 2.05) is 17.9 Å². The first kappa shape index (κ1) is 18.8. The molecule has 1 aliphatic heterocycles. The van der Waals surface area contributed by atoms with Crippen molar-refractivity contribution in [3.8, 4) is 11.4 Å². The molecule has 0 spiro atoms. The standard InChI is InChI=1S/C19H22ClN5O3/c1-12-9-15(23-28-12)17-14(18(20)24(2)22-17)10-21-13-5-3-7-25(11-13)19(26)16-6-4-8-27-16/h4,6,8-9,13,21H,3,5,7,10-11H2,1-2H3. The normalized spacial score (nSPS) is 17.2. The molecule has 4 rings (SSSR count). The Bertz CT molecular complexity index is 963. The van der Waals surface area contributed by atoms with Crippen LogP contribution in [-0.4, -0.2) is 44.9 Å². The Balaban J connectivity index is 1.45. The number of rotatable bonds is 5. The fraction of sp³-hybridized carbons (Fsp3) is 0.421. The number of carbonyl (C=O) groups is 1. The van der Waals surface area contributed by atoms with Crippen molar-refractivity contribution in [2.45, 2.75) is 32.4 Å². The number of halogens is 1. The molecule has 0 aliphatic carbocycles. The van der Waals surface area contributed by atoms with E-state index in [1.54, 1.807) is 23.9 Å². The maximum Gasteiger partial charge on any atom is 0.289 e. The monoisotopic (exact) mass is 403 g/mol. The summed E-state index contributed by atoms with van der Waals surface area (Å²) in [6, 6.07) is 5.42. The van der Waals surface area contributed by atoms with Crippen molar-refractivity contribution in [1.29, 1.82) is 0 Å². The molecule has 0 aromatic carbocycles. The number of likely N-dealkylation sites (tertiary alicyclic amines) is 1. The minimum atomic E-state index is -0.0744. The molecule has 3 aromatic rings. The van der Waals surface area contributed by atoms with Gasteiger partial charge in [-0.1, -0.05) is 16.8 Å². The molecular formula is C19H22ClN5O3. The Labute approximate surface area is 167 Å². The molecule has 1 aliphatic rings. The number of piperidine rings is 1. The third-order valence-electron chi connectivity index (χ3n) is 4.95. The zero-order chi connectivity index (χ0) is 19.7. The van der Waals surface area contributed by atoms with Crippen LogP contribution in [-0.2, 0) is 13.6 Å². The molecule has 1 amide bonds. The van der Waals surface area contributed by atoms with Gasteiger partial charge in [-0.05, 0) is 31.9 Å². The summed E-state index contributed by atoms with van der Waals surface area (Å²) in [5, 5.41) is 12.6. The lowest BCUT2D eigenvalue weighted by Gasteiger charge is -2.32. The number of furan rings is 1. The van der Waals surface area contributed by atoms with E-state index in [4.69, 9.17) is 20.5 Å². The van der Waals surface area contributed by atoms with Gasteiger partial charge in [-0.15, -0.1) is 0 Å². The molecule has 148 valence electrons. The Morgan fingerprint density at radius 2 is 2.32 bits per heavy atom. The van der Waals surface area contributed by atoms with Crippen molar-refractivity contribution < 1.29 is 13.7 Å². The number of aryl methyl sites for hydroxylation is 2. The van der Waals surface area contributed by atoms with Crippen molar-refractivity contribution >= 4 is 17.5 Å². The molecule has 1 saturated heterocycles. The Hall–Kier alpha value is -2.58. The van der Waals surface area contributed by atoms with Gasteiger partial charge in [0.15, 0.2) is 5.76 Å².